The largest absolute Gasteiger partial charge is 0.514 e. The molecule has 4 heterocycles. The van der Waals surface area contributed by atoms with Gasteiger partial charge < -0.3 is 14.6 Å². The number of aromatic nitrogens is 3. The Bertz CT molecular complexity index is 1300. The summed E-state index contributed by atoms with van der Waals surface area (Å²) < 4.78 is 13.4. The van der Waals surface area contributed by atoms with Crippen LogP contribution in [0, 0.1) is 6.92 Å². The van der Waals surface area contributed by atoms with E-state index in [1.54, 1.807) is 16.8 Å². The molecular weight excluding hydrogens is 378 g/mol. The van der Waals surface area contributed by atoms with Crippen LogP contribution in [0.4, 0.5) is 0 Å². The van der Waals surface area contributed by atoms with Crippen molar-refractivity contribution in [3.63, 3.8) is 0 Å². The van der Waals surface area contributed by atoms with Gasteiger partial charge in [0.05, 0.1) is 40.6 Å². The molecule has 0 bridgehead atoms. The lowest BCUT2D eigenvalue weighted by Gasteiger charge is -2.16. The van der Waals surface area contributed by atoms with E-state index >= 15 is 0 Å². The second-order valence-electron chi connectivity index (χ2n) is 6.74. The van der Waals surface area contributed by atoms with Crippen molar-refractivity contribution in [2.24, 2.45) is 0 Å². The topological polar surface area (TPSA) is 86.5 Å². The minimum absolute atomic E-state index is 0.0678. The van der Waals surface area contributed by atoms with E-state index in [1.807, 2.05) is 25.1 Å². The van der Waals surface area contributed by atoms with E-state index in [-0.39, 0.29) is 6.10 Å². The molecule has 3 aromatic heterocycles. The molecule has 1 unspecified atom stereocenters. The first kappa shape index (κ1) is 17.2. The molecule has 1 aromatic carbocycles. The van der Waals surface area contributed by atoms with Gasteiger partial charge >= 0.3 is 5.69 Å². The van der Waals surface area contributed by atoms with Crippen LogP contribution in [0.25, 0.3) is 33.2 Å². The SMILES string of the molecule is Cc1cc(OC2CCOC2)ccc1-n1c(=O)nc2c(=CO)sc3nccc1c32. The summed E-state index contributed by atoms with van der Waals surface area (Å²) in [7, 11) is 0. The molecule has 7 nitrogen and oxygen atoms in total. The summed E-state index contributed by atoms with van der Waals surface area (Å²) in [5.41, 5.74) is 2.43. The van der Waals surface area contributed by atoms with Crippen LogP contribution in [0.2, 0.25) is 0 Å². The van der Waals surface area contributed by atoms with Gasteiger partial charge in [0.2, 0.25) is 0 Å². The lowest BCUT2D eigenvalue weighted by molar-refractivity contribution is 0.141. The summed E-state index contributed by atoms with van der Waals surface area (Å²) in [6.45, 7) is 3.26. The summed E-state index contributed by atoms with van der Waals surface area (Å²) in [6, 6.07) is 7.46. The summed E-state index contributed by atoms with van der Waals surface area (Å²) >= 11 is 1.31. The number of aryl methyl sites for hydroxylation is 1. The maximum Gasteiger partial charge on any atom is 0.353 e. The number of aliphatic hydroxyl groups is 1. The lowest BCUT2D eigenvalue weighted by atomic mass is 10.1. The van der Waals surface area contributed by atoms with Crippen LogP contribution in [0.5, 0.6) is 5.75 Å². The van der Waals surface area contributed by atoms with E-state index in [0.29, 0.717) is 22.2 Å². The highest BCUT2D eigenvalue weighted by molar-refractivity contribution is 7.17. The van der Waals surface area contributed by atoms with Gasteiger partial charge in [-0.3, -0.25) is 4.57 Å². The molecule has 28 heavy (non-hydrogen) atoms. The Morgan fingerprint density at radius 1 is 1.39 bits per heavy atom. The van der Waals surface area contributed by atoms with Crippen molar-refractivity contribution in [2.75, 3.05) is 13.2 Å². The van der Waals surface area contributed by atoms with E-state index in [0.717, 1.165) is 46.5 Å². The molecule has 142 valence electrons. The standard InChI is InChI=1S/C20H17N3O4S/c1-11-8-12(27-13-5-7-26-10-13)2-3-14(11)23-15-4-6-21-19-17(15)18(22-20(23)25)16(9-24)28-19/h2-4,6,8-9,13,24H,5,7,10H2,1H3. The van der Waals surface area contributed by atoms with Gasteiger partial charge in [0.15, 0.2) is 0 Å². The third-order valence-electron chi connectivity index (χ3n) is 4.93. The Hall–Kier alpha value is -2.97. The molecule has 1 N–H and O–H groups in total. The van der Waals surface area contributed by atoms with Crippen LogP contribution in [-0.2, 0) is 4.74 Å². The second kappa shape index (κ2) is 6.57. The fourth-order valence-corrected chi connectivity index (χ4v) is 4.55. The zero-order valence-electron chi connectivity index (χ0n) is 15.1. The van der Waals surface area contributed by atoms with Crippen molar-refractivity contribution in [3.8, 4) is 11.4 Å². The third-order valence-corrected chi connectivity index (χ3v) is 5.95. The first-order chi connectivity index (χ1) is 13.7. The molecule has 0 amide bonds. The normalized spacial score (nSPS) is 17.8. The van der Waals surface area contributed by atoms with E-state index in [4.69, 9.17) is 9.47 Å². The van der Waals surface area contributed by atoms with Gasteiger partial charge in [-0.25, -0.2) is 9.78 Å². The van der Waals surface area contributed by atoms with Crippen molar-refractivity contribution in [3.05, 3.63) is 51.0 Å². The molecule has 1 aliphatic rings. The van der Waals surface area contributed by atoms with Crippen molar-refractivity contribution < 1.29 is 14.6 Å². The smallest absolute Gasteiger partial charge is 0.353 e. The minimum atomic E-state index is -0.400. The summed E-state index contributed by atoms with van der Waals surface area (Å²) in [5.74, 6) is 0.756. The second-order valence-corrected chi connectivity index (χ2v) is 7.77. The maximum atomic E-state index is 12.9. The van der Waals surface area contributed by atoms with Gasteiger partial charge in [0.1, 0.15) is 22.2 Å². The minimum Gasteiger partial charge on any atom is -0.514 e. The summed E-state index contributed by atoms with van der Waals surface area (Å²) in [6.07, 6.45) is 3.59. The van der Waals surface area contributed by atoms with E-state index in [9.17, 15) is 9.90 Å². The molecule has 1 fully saturated rings. The van der Waals surface area contributed by atoms with E-state index in [1.165, 1.54) is 11.3 Å². The highest BCUT2D eigenvalue weighted by Crippen LogP contribution is 2.28. The number of pyridine rings is 1. The molecular formula is C20H17N3O4S. The molecule has 0 saturated carbocycles. The average Bonchev–Trinajstić information content (AvgIpc) is 3.32. The summed E-state index contributed by atoms with van der Waals surface area (Å²) in [5, 5.41) is 10.2. The Morgan fingerprint density at radius 2 is 2.29 bits per heavy atom. The monoisotopic (exact) mass is 395 g/mol. The van der Waals surface area contributed by atoms with Crippen molar-refractivity contribution in [1.82, 2.24) is 14.5 Å². The number of hydrogen-bond acceptors (Lipinski definition) is 7. The number of thiophene rings is 1. The Labute approximate surface area is 163 Å². The highest BCUT2D eigenvalue weighted by Gasteiger charge is 2.19. The lowest BCUT2D eigenvalue weighted by Crippen LogP contribution is -2.23. The van der Waals surface area contributed by atoms with E-state index < -0.39 is 5.69 Å². The number of nitrogens with zero attached hydrogens (tertiary/aromatic N) is 3. The van der Waals surface area contributed by atoms with Gasteiger partial charge in [-0.05, 0) is 36.8 Å². The molecule has 1 atom stereocenters. The van der Waals surface area contributed by atoms with Crippen LogP contribution < -0.4 is 15.0 Å². The van der Waals surface area contributed by atoms with Gasteiger partial charge in [-0.2, -0.15) is 4.98 Å². The zero-order valence-corrected chi connectivity index (χ0v) is 15.9. The zero-order chi connectivity index (χ0) is 19.3. The number of ether oxygens (including phenoxy) is 2. The van der Waals surface area contributed by atoms with Crippen LogP contribution in [0.1, 0.15) is 12.0 Å². The molecule has 8 heteroatoms. The van der Waals surface area contributed by atoms with Crippen LogP contribution in [0.15, 0.2) is 35.3 Å². The van der Waals surface area contributed by atoms with Gasteiger partial charge in [-0.15, -0.1) is 11.3 Å². The Balaban J connectivity index is 1.68. The third kappa shape index (κ3) is 2.64. The molecule has 4 aromatic rings. The molecule has 0 aliphatic carbocycles. The average molecular weight is 395 g/mol. The number of rotatable bonds is 3. The predicted octanol–water partition coefficient (Wildman–Crippen LogP) is 2.49. The van der Waals surface area contributed by atoms with Gasteiger partial charge in [0, 0.05) is 12.6 Å². The first-order valence-corrected chi connectivity index (χ1v) is 9.77. The molecule has 1 saturated heterocycles. The Morgan fingerprint density at radius 3 is 3.04 bits per heavy atom. The highest BCUT2D eigenvalue weighted by atomic mass is 32.1. The van der Waals surface area contributed by atoms with Gasteiger partial charge in [0.25, 0.3) is 0 Å². The van der Waals surface area contributed by atoms with Crippen molar-refractivity contribution in [1.29, 1.82) is 0 Å². The quantitative estimate of drug-likeness (QED) is 0.574. The number of hydrogen-bond donors (Lipinski definition) is 1. The molecule has 1 aliphatic heterocycles. The molecule has 0 spiro atoms. The molecule has 5 rings (SSSR count). The first-order valence-electron chi connectivity index (χ1n) is 8.95. The Kier molecular flexibility index (Phi) is 4.03. The van der Waals surface area contributed by atoms with Crippen molar-refractivity contribution >= 4 is 38.8 Å². The summed E-state index contributed by atoms with van der Waals surface area (Å²) in [4.78, 5) is 22.2. The van der Waals surface area contributed by atoms with Gasteiger partial charge in [-0.1, -0.05) is 0 Å². The number of aliphatic hydroxyl groups excluding tert-OH is 1. The van der Waals surface area contributed by atoms with Crippen molar-refractivity contribution in [2.45, 2.75) is 19.4 Å². The maximum absolute atomic E-state index is 12.9. The molecule has 0 radical (unpaired) electrons. The fourth-order valence-electron chi connectivity index (χ4n) is 3.63. The van der Waals surface area contributed by atoms with Crippen LogP contribution >= 0.6 is 11.3 Å². The number of benzene rings is 1. The van der Waals surface area contributed by atoms with Crippen LogP contribution in [0.3, 0.4) is 0 Å². The fraction of sp³-hybridized carbons (Fsp3) is 0.250. The van der Waals surface area contributed by atoms with E-state index in [2.05, 4.69) is 9.97 Å². The predicted molar refractivity (Wildman–Crippen MR) is 107 cm³/mol. The van der Waals surface area contributed by atoms with Crippen LogP contribution in [-0.4, -0.2) is 39.0 Å².